The van der Waals surface area contributed by atoms with E-state index in [0.717, 1.165) is 46.2 Å². The van der Waals surface area contributed by atoms with E-state index in [2.05, 4.69) is 26.6 Å². The second kappa shape index (κ2) is 27.7. The van der Waals surface area contributed by atoms with E-state index in [9.17, 15) is 38.4 Å². The predicted octanol–water partition coefficient (Wildman–Crippen LogP) is 6.18. The lowest BCUT2D eigenvalue weighted by Crippen LogP contribution is -2.62. The van der Waals surface area contributed by atoms with Crippen LogP contribution in [0.15, 0.2) is 145 Å². The first-order chi connectivity index (χ1) is 39.8. The van der Waals surface area contributed by atoms with Crippen LogP contribution in [-0.4, -0.2) is 142 Å². The number of allylic oxidation sites excluding steroid dienone is 4. The van der Waals surface area contributed by atoms with E-state index >= 15 is 0 Å². The molecule has 17 nitrogen and oxygen atoms in total. The fourth-order valence-corrected chi connectivity index (χ4v) is 12.4. The molecule has 0 saturated carbocycles. The predicted molar refractivity (Wildman–Crippen MR) is 312 cm³/mol. The molecule has 0 radical (unpaired) electrons. The van der Waals surface area contributed by atoms with Gasteiger partial charge in [-0.15, -0.1) is 0 Å². The highest BCUT2D eigenvalue weighted by Gasteiger charge is 2.48. The maximum atomic E-state index is 14.7. The Morgan fingerprint density at radius 2 is 0.902 bits per heavy atom. The van der Waals surface area contributed by atoms with Gasteiger partial charge < -0.3 is 46.2 Å². The van der Waals surface area contributed by atoms with Gasteiger partial charge in [0.1, 0.15) is 24.2 Å². The average molecular weight is 1110 g/mol. The fourth-order valence-electron chi connectivity index (χ4n) is 12.4. The minimum Gasteiger partial charge on any atom is -0.343 e. The number of fused-ring (bicyclic) bond motifs is 2. The van der Waals surface area contributed by atoms with E-state index in [0.29, 0.717) is 64.5 Å². The number of hydrogen-bond acceptors (Lipinski definition) is 9. The lowest BCUT2D eigenvalue weighted by Gasteiger charge is -2.39. The molecular formula is C65H79N9O8. The van der Waals surface area contributed by atoms with E-state index in [1.54, 1.807) is 40.5 Å². The van der Waals surface area contributed by atoms with Gasteiger partial charge >= 0.3 is 0 Å². The number of amides is 8. The first kappa shape index (κ1) is 58.7. The van der Waals surface area contributed by atoms with Gasteiger partial charge in [-0.05, 0) is 100 Å². The highest BCUT2D eigenvalue weighted by Crippen LogP contribution is 2.34. The summed E-state index contributed by atoms with van der Waals surface area (Å²) in [6.45, 7) is 4.13. The van der Waals surface area contributed by atoms with Gasteiger partial charge in [0, 0.05) is 57.5 Å². The van der Waals surface area contributed by atoms with Gasteiger partial charge in [0.05, 0.1) is 18.1 Å². The van der Waals surface area contributed by atoms with Crippen molar-refractivity contribution in [3.63, 3.8) is 0 Å². The standard InChI is InChI=1S/C65H79N9O8/c1-4-56(75)67-52-41-71(39-37-50-31-33-54(73(50)64(52)81)62(79)69-59(46-17-9-5-10-18-46)47-19-11-6-12-20-47)57(76)35-29-44-25-27-45(28-26-44)30-36-58(77)72-40-38-51-32-34-55(74(51)65(82)53(42-72)68-61(78)43(2)66-3)63(80)70-60(48-21-13-7-14-22-48)49-23-15-8-16-24-49/h5-25,27,43,50-55,59-60,66H,4,26,28-42H2,1-3H3,(H,67,75)(H,68,78)(H,69,79)(H,70,80)/t43-,50?,51+,52-,53-,54-,55-/m0/s1. The Labute approximate surface area is 481 Å². The molecule has 1 aliphatic carbocycles. The third kappa shape index (κ3) is 14.2. The molecule has 8 amide bonds. The van der Waals surface area contributed by atoms with Crippen LogP contribution in [0.4, 0.5) is 0 Å². The molecule has 17 heteroatoms. The molecule has 4 aromatic carbocycles. The van der Waals surface area contributed by atoms with Gasteiger partial charge in [-0.3, -0.25) is 38.4 Å². The Hall–Kier alpha value is -7.92. The molecule has 4 fully saturated rings. The maximum Gasteiger partial charge on any atom is 0.247 e. The van der Waals surface area contributed by atoms with Crippen LogP contribution in [0.25, 0.3) is 0 Å². The molecule has 0 aromatic heterocycles. The molecule has 5 N–H and O–H groups in total. The molecule has 0 bridgehead atoms. The summed E-state index contributed by atoms with van der Waals surface area (Å²) in [5, 5.41) is 15.2. The summed E-state index contributed by atoms with van der Waals surface area (Å²) in [5.74, 6) is -2.20. The second-order valence-corrected chi connectivity index (χ2v) is 22.5. The molecule has 5 aliphatic rings. The molecular weight excluding hydrogens is 1030 g/mol. The molecule has 1 unspecified atom stereocenters. The van der Waals surface area contributed by atoms with Gasteiger partial charge in [-0.1, -0.05) is 152 Å². The Bertz CT molecular complexity index is 2900. The number of nitrogens with one attached hydrogen (secondary N) is 5. The fraction of sp³-hybridized carbons (Fsp3) is 0.446. The van der Waals surface area contributed by atoms with E-state index in [-0.39, 0.29) is 91.7 Å². The summed E-state index contributed by atoms with van der Waals surface area (Å²) in [6.07, 6.45) is 10.2. The zero-order valence-corrected chi connectivity index (χ0v) is 47.5. The molecule has 82 heavy (non-hydrogen) atoms. The topological polar surface area (TPSA) is 210 Å². The van der Waals surface area contributed by atoms with Crippen molar-refractivity contribution in [1.82, 2.24) is 46.2 Å². The third-order valence-electron chi connectivity index (χ3n) is 17.2. The van der Waals surface area contributed by atoms with E-state index in [4.69, 9.17) is 0 Å². The minimum absolute atomic E-state index is 0.00343. The van der Waals surface area contributed by atoms with E-state index in [1.807, 2.05) is 133 Å². The van der Waals surface area contributed by atoms with Crippen molar-refractivity contribution >= 4 is 47.3 Å². The van der Waals surface area contributed by atoms with Gasteiger partial charge in [0.15, 0.2) is 0 Å². The van der Waals surface area contributed by atoms with Gasteiger partial charge in [-0.2, -0.15) is 0 Å². The van der Waals surface area contributed by atoms with Gasteiger partial charge in [-0.25, -0.2) is 0 Å². The van der Waals surface area contributed by atoms with Crippen LogP contribution < -0.4 is 26.6 Å². The molecule has 4 heterocycles. The van der Waals surface area contributed by atoms with Crippen molar-refractivity contribution in [3.05, 3.63) is 167 Å². The first-order valence-corrected chi connectivity index (χ1v) is 29.4. The largest absolute Gasteiger partial charge is 0.343 e. The zero-order chi connectivity index (χ0) is 57.7. The number of likely N-dealkylation sites (N-methyl/N-ethyl adjacent to an activating group) is 1. The number of rotatable bonds is 19. The second-order valence-electron chi connectivity index (χ2n) is 22.5. The van der Waals surface area contributed by atoms with Crippen LogP contribution in [-0.2, 0) is 38.4 Å². The summed E-state index contributed by atoms with van der Waals surface area (Å²) in [6, 6.07) is 33.3. The minimum atomic E-state index is -1.06. The summed E-state index contributed by atoms with van der Waals surface area (Å²) in [5.41, 5.74) is 5.86. The third-order valence-corrected chi connectivity index (χ3v) is 17.2. The van der Waals surface area contributed by atoms with E-state index in [1.165, 1.54) is 0 Å². The van der Waals surface area contributed by atoms with Crippen LogP contribution in [0.5, 0.6) is 0 Å². The summed E-state index contributed by atoms with van der Waals surface area (Å²) in [4.78, 5) is 119. The molecule has 4 aliphatic heterocycles. The van der Waals surface area contributed by atoms with Crippen molar-refractivity contribution in [1.29, 1.82) is 0 Å². The zero-order valence-electron chi connectivity index (χ0n) is 47.5. The van der Waals surface area contributed by atoms with Gasteiger partial charge in [0.2, 0.25) is 47.3 Å². The number of carbonyl (C=O) groups excluding carboxylic acids is 8. The summed E-state index contributed by atoms with van der Waals surface area (Å²) >= 11 is 0. The number of nitrogens with zero attached hydrogens (tertiary/aromatic N) is 4. The van der Waals surface area contributed by atoms with Crippen LogP contribution >= 0.6 is 0 Å². The van der Waals surface area contributed by atoms with Crippen molar-refractivity contribution < 1.29 is 38.4 Å². The van der Waals surface area contributed by atoms with Crippen molar-refractivity contribution in [2.45, 2.75) is 152 Å². The van der Waals surface area contributed by atoms with Crippen LogP contribution in [0.3, 0.4) is 0 Å². The molecule has 0 spiro atoms. The quantitative estimate of drug-likeness (QED) is 0.0726. The van der Waals surface area contributed by atoms with Crippen LogP contribution in [0.1, 0.15) is 132 Å². The Kier molecular flexibility index (Phi) is 19.8. The van der Waals surface area contributed by atoms with Crippen molar-refractivity contribution in [2.24, 2.45) is 0 Å². The summed E-state index contributed by atoms with van der Waals surface area (Å²) in [7, 11) is 1.66. The Morgan fingerprint density at radius 1 is 0.524 bits per heavy atom. The van der Waals surface area contributed by atoms with Crippen molar-refractivity contribution in [3.8, 4) is 0 Å². The van der Waals surface area contributed by atoms with Gasteiger partial charge in [0.25, 0.3) is 0 Å². The number of benzene rings is 4. The lowest BCUT2D eigenvalue weighted by molar-refractivity contribution is -0.147. The first-order valence-electron chi connectivity index (χ1n) is 29.4. The van der Waals surface area contributed by atoms with Crippen LogP contribution in [0.2, 0.25) is 0 Å². The molecule has 432 valence electrons. The number of carbonyl (C=O) groups is 8. The molecule has 9 rings (SSSR count). The molecule has 4 saturated heterocycles. The summed E-state index contributed by atoms with van der Waals surface area (Å²) < 4.78 is 0. The monoisotopic (exact) mass is 1110 g/mol. The molecule has 7 atom stereocenters. The SMILES string of the molecule is CCC(=O)N[C@H]1CN(C(=O)CCC2=CC=C(CCC(=O)N3CC[C@H]4CC[C@@H](C(=O)NC(c5ccccc5)c5ccccc5)N4C(=O)[C@@H](NC(=O)[C@H](C)NC)C3)CC2)CCC2CC[C@@H](C(=O)NC(c3ccccc3)c3ccccc3)N2C1=O. The maximum absolute atomic E-state index is 14.7. The number of hydrogen-bond donors (Lipinski definition) is 5. The normalized spacial score (nSPS) is 22.4. The highest BCUT2D eigenvalue weighted by molar-refractivity contribution is 5.95. The average Bonchev–Trinajstić information content (AvgIpc) is 4.36. The molecule has 4 aromatic rings. The van der Waals surface area contributed by atoms with Crippen molar-refractivity contribution in [2.75, 3.05) is 33.2 Å². The smallest absolute Gasteiger partial charge is 0.247 e. The Morgan fingerprint density at radius 3 is 1.26 bits per heavy atom. The lowest BCUT2D eigenvalue weighted by atomic mass is 9.92. The Balaban J connectivity index is 0.800. The van der Waals surface area contributed by atoms with E-state index < -0.39 is 42.3 Å². The highest BCUT2D eigenvalue weighted by atomic mass is 16.2. The van der Waals surface area contributed by atoms with Crippen LogP contribution in [0, 0.1) is 0 Å².